The number of aromatic nitrogens is 3. The van der Waals surface area contributed by atoms with E-state index in [0.717, 1.165) is 53.5 Å². The van der Waals surface area contributed by atoms with E-state index >= 15 is 0 Å². The summed E-state index contributed by atoms with van der Waals surface area (Å²) in [6.07, 6.45) is 5.84. The molecule has 0 saturated carbocycles. The van der Waals surface area contributed by atoms with Crippen LogP contribution >= 0.6 is 22.9 Å². The Kier molecular flexibility index (Phi) is 5.29. The van der Waals surface area contributed by atoms with Gasteiger partial charge in [0.15, 0.2) is 0 Å². The van der Waals surface area contributed by atoms with Gasteiger partial charge in [0.1, 0.15) is 0 Å². The van der Waals surface area contributed by atoms with Gasteiger partial charge in [-0.2, -0.15) is 0 Å². The molecule has 1 aliphatic heterocycles. The second kappa shape index (κ2) is 7.82. The lowest BCUT2D eigenvalue weighted by molar-refractivity contribution is 0.321. The third-order valence-electron chi connectivity index (χ3n) is 4.88. The Hall–Kier alpha value is -1.82. The van der Waals surface area contributed by atoms with Crippen molar-refractivity contribution >= 4 is 22.9 Å². The fraction of sp³-hybridized carbons (Fsp3) is 0.350. The first-order chi connectivity index (χ1) is 12.7. The first-order valence-corrected chi connectivity index (χ1v) is 10.2. The highest BCUT2D eigenvalue weighted by atomic mass is 35.5. The lowest BCUT2D eigenvalue weighted by Gasteiger charge is -2.31. The molecule has 0 aromatic carbocycles. The molecule has 6 heteroatoms. The van der Waals surface area contributed by atoms with E-state index in [1.165, 1.54) is 4.88 Å². The van der Waals surface area contributed by atoms with Gasteiger partial charge in [-0.3, -0.25) is 9.97 Å². The first kappa shape index (κ1) is 17.6. The van der Waals surface area contributed by atoms with Crippen molar-refractivity contribution in [1.82, 2.24) is 20.3 Å². The van der Waals surface area contributed by atoms with Gasteiger partial charge in [0, 0.05) is 29.2 Å². The van der Waals surface area contributed by atoms with Crippen molar-refractivity contribution in [2.75, 3.05) is 0 Å². The molecule has 1 fully saturated rings. The Bertz CT molecular complexity index is 895. The average molecular weight is 385 g/mol. The molecule has 1 aliphatic rings. The minimum absolute atomic E-state index is 0.175. The summed E-state index contributed by atoms with van der Waals surface area (Å²) in [5.41, 5.74) is 6.12. The number of nitrogens with zero attached hydrogens (tertiary/aromatic N) is 3. The molecule has 0 amide bonds. The Morgan fingerprint density at radius 3 is 2.85 bits per heavy atom. The van der Waals surface area contributed by atoms with E-state index < -0.39 is 0 Å². The monoisotopic (exact) mass is 384 g/mol. The Morgan fingerprint density at radius 2 is 2.04 bits per heavy atom. The zero-order valence-electron chi connectivity index (χ0n) is 14.7. The van der Waals surface area contributed by atoms with Gasteiger partial charge in [0.05, 0.1) is 33.7 Å². The van der Waals surface area contributed by atoms with Crippen LogP contribution in [-0.2, 0) is 6.42 Å². The molecule has 1 N–H and O–H groups in total. The molecule has 2 atom stereocenters. The van der Waals surface area contributed by atoms with Gasteiger partial charge in [0.25, 0.3) is 0 Å². The summed E-state index contributed by atoms with van der Waals surface area (Å²) in [5, 5.41) is 4.43. The number of piperidine rings is 1. The number of aryl methyl sites for hydroxylation is 1. The average Bonchev–Trinajstić information content (AvgIpc) is 3.07. The normalized spacial score (nSPS) is 20.2. The molecule has 0 bridgehead atoms. The zero-order chi connectivity index (χ0) is 17.9. The molecule has 0 unspecified atom stereocenters. The number of pyridine rings is 2. The predicted octanol–water partition coefficient (Wildman–Crippen LogP) is 5.04. The third kappa shape index (κ3) is 3.80. The first-order valence-electron chi connectivity index (χ1n) is 8.92. The topological polar surface area (TPSA) is 50.7 Å². The van der Waals surface area contributed by atoms with Gasteiger partial charge in [-0.15, -0.1) is 11.3 Å². The van der Waals surface area contributed by atoms with Crippen molar-refractivity contribution in [2.24, 2.45) is 0 Å². The van der Waals surface area contributed by atoms with Crippen LogP contribution in [0.15, 0.2) is 42.0 Å². The van der Waals surface area contributed by atoms with E-state index in [0.29, 0.717) is 0 Å². The number of halogens is 1. The largest absolute Gasteiger partial charge is 0.300 e. The van der Waals surface area contributed by atoms with E-state index in [9.17, 15) is 0 Å². The van der Waals surface area contributed by atoms with Crippen molar-refractivity contribution in [3.63, 3.8) is 0 Å². The number of rotatable bonds is 4. The van der Waals surface area contributed by atoms with E-state index in [1.807, 2.05) is 23.8 Å². The smallest absolute Gasteiger partial charge is 0.0797 e. The molecule has 4 nitrogen and oxygen atoms in total. The standard InChI is InChI=1S/C20H21ClN4S/c1-13-19(23-12-26-13)11-14-5-2-7-16(24-14)17-8-3-9-18(25-17)20-15(21)6-4-10-22-20/h2,4-7,10,12,17-18,25H,3,8-9,11H2,1H3/t17-,18+/m1/s1. The van der Waals surface area contributed by atoms with Gasteiger partial charge < -0.3 is 5.32 Å². The Morgan fingerprint density at radius 1 is 1.15 bits per heavy atom. The summed E-state index contributed by atoms with van der Waals surface area (Å²) in [7, 11) is 0. The third-order valence-corrected chi connectivity index (χ3v) is 6.00. The van der Waals surface area contributed by atoms with Gasteiger partial charge in [-0.05, 0) is 50.5 Å². The van der Waals surface area contributed by atoms with Crippen LogP contribution in [0.5, 0.6) is 0 Å². The maximum Gasteiger partial charge on any atom is 0.0797 e. The molecular formula is C20H21ClN4S. The van der Waals surface area contributed by atoms with Crippen LogP contribution in [0.1, 0.15) is 59.0 Å². The van der Waals surface area contributed by atoms with Gasteiger partial charge >= 0.3 is 0 Å². The molecule has 26 heavy (non-hydrogen) atoms. The SMILES string of the molecule is Cc1scnc1Cc1cccc([C@H]2CCC[C@@H](c3ncccc3Cl)N2)n1. The summed E-state index contributed by atoms with van der Waals surface area (Å²) >= 11 is 8.03. The summed E-state index contributed by atoms with van der Waals surface area (Å²) in [5.74, 6) is 0. The van der Waals surface area contributed by atoms with Crippen molar-refractivity contribution in [3.05, 3.63) is 74.7 Å². The van der Waals surface area contributed by atoms with Crippen LogP contribution in [0, 0.1) is 6.92 Å². The van der Waals surface area contributed by atoms with E-state index in [1.54, 1.807) is 11.3 Å². The van der Waals surface area contributed by atoms with Crippen molar-refractivity contribution in [3.8, 4) is 0 Å². The molecule has 0 aliphatic carbocycles. The van der Waals surface area contributed by atoms with Gasteiger partial charge in [-0.1, -0.05) is 17.7 Å². The summed E-state index contributed by atoms with van der Waals surface area (Å²) in [6.45, 7) is 2.11. The molecule has 1 saturated heterocycles. The van der Waals surface area contributed by atoms with E-state index in [-0.39, 0.29) is 12.1 Å². The van der Waals surface area contributed by atoms with E-state index in [4.69, 9.17) is 16.6 Å². The predicted molar refractivity (Wildman–Crippen MR) is 106 cm³/mol. The van der Waals surface area contributed by atoms with Crippen LogP contribution in [0.2, 0.25) is 5.02 Å². The fourth-order valence-electron chi connectivity index (χ4n) is 3.50. The quantitative estimate of drug-likeness (QED) is 0.684. The highest BCUT2D eigenvalue weighted by Gasteiger charge is 2.26. The van der Waals surface area contributed by atoms with Crippen molar-refractivity contribution in [2.45, 2.75) is 44.7 Å². The van der Waals surface area contributed by atoms with E-state index in [2.05, 4.69) is 40.4 Å². The lowest BCUT2D eigenvalue weighted by atomic mass is 9.94. The van der Waals surface area contributed by atoms with Crippen molar-refractivity contribution in [1.29, 1.82) is 0 Å². The second-order valence-electron chi connectivity index (χ2n) is 6.66. The zero-order valence-corrected chi connectivity index (χ0v) is 16.2. The van der Waals surface area contributed by atoms with Crippen LogP contribution in [0.3, 0.4) is 0 Å². The highest BCUT2D eigenvalue weighted by Crippen LogP contribution is 2.33. The molecule has 4 rings (SSSR count). The highest BCUT2D eigenvalue weighted by molar-refractivity contribution is 7.09. The maximum atomic E-state index is 6.35. The number of nitrogens with one attached hydrogen (secondary N) is 1. The summed E-state index contributed by atoms with van der Waals surface area (Å²) in [6, 6.07) is 10.5. The molecule has 134 valence electrons. The van der Waals surface area contributed by atoms with Crippen LogP contribution in [0.25, 0.3) is 0 Å². The number of hydrogen-bond donors (Lipinski definition) is 1. The maximum absolute atomic E-state index is 6.35. The number of thiazole rings is 1. The molecule has 3 aromatic heterocycles. The second-order valence-corrected chi connectivity index (χ2v) is 8.13. The lowest BCUT2D eigenvalue weighted by Crippen LogP contribution is -2.32. The fourth-order valence-corrected chi connectivity index (χ4v) is 4.35. The summed E-state index contributed by atoms with van der Waals surface area (Å²) < 4.78 is 0. The van der Waals surface area contributed by atoms with Crippen LogP contribution in [0.4, 0.5) is 0 Å². The summed E-state index contributed by atoms with van der Waals surface area (Å²) in [4.78, 5) is 15.1. The molecule has 0 radical (unpaired) electrons. The van der Waals surface area contributed by atoms with Crippen LogP contribution in [-0.4, -0.2) is 15.0 Å². The van der Waals surface area contributed by atoms with Crippen molar-refractivity contribution < 1.29 is 0 Å². The molecular weight excluding hydrogens is 364 g/mol. The molecule has 0 spiro atoms. The van der Waals surface area contributed by atoms with Crippen LogP contribution < -0.4 is 5.32 Å². The molecule has 4 heterocycles. The minimum atomic E-state index is 0.175. The minimum Gasteiger partial charge on any atom is -0.300 e. The molecule has 3 aromatic rings. The van der Waals surface area contributed by atoms with Gasteiger partial charge in [0.2, 0.25) is 0 Å². The number of hydrogen-bond acceptors (Lipinski definition) is 5. The Balaban J connectivity index is 1.53. The Labute approximate surface area is 162 Å². The van der Waals surface area contributed by atoms with Gasteiger partial charge in [-0.25, -0.2) is 4.98 Å².